The van der Waals surface area contributed by atoms with Crippen molar-refractivity contribution < 1.29 is 23.8 Å². The lowest BCUT2D eigenvalue weighted by Gasteiger charge is -2.18. The van der Waals surface area contributed by atoms with Gasteiger partial charge in [0.25, 0.3) is 0 Å². The van der Waals surface area contributed by atoms with Crippen molar-refractivity contribution in [2.45, 2.75) is 32.6 Å². The maximum Gasteiger partial charge on any atom is 0.343 e. The van der Waals surface area contributed by atoms with E-state index in [0.29, 0.717) is 22.8 Å². The third-order valence-corrected chi connectivity index (χ3v) is 5.29. The highest BCUT2D eigenvalue weighted by atomic mass is 16.5. The summed E-state index contributed by atoms with van der Waals surface area (Å²) in [5, 5.41) is 3.99. The molecular formula is C28H30N2O5. The van der Waals surface area contributed by atoms with E-state index < -0.39 is 5.97 Å². The van der Waals surface area contributed by atoms with Crippen LogP contribution in [0, 0.1) is 0 Å². The van der Waals surface area contributed by atoms with E-state index in [1.807, 2.05) is 12.1 Å². The van der Waals surface area contributed by atoms with E-state index in [-0.39, 0.29) is 17.7 Å². The molecule has 35 heavy (non-hydrogen) atoms. The number of esters is 1. The van der Waals surface area contributed by atoms with Crippen molar-refractivity contribution in [1.29, 1.82) is 0 Å². The van der Waals surface area contributed by atoms with Crippen molar-refractivity contribution in [1.82, 2.24) is 5.43 Å². The Balaban J connectivity index is 1.52. The third-order valence-electron chi connectivity index (χ3n) is 5.29. The molecule has 0 bridgehead atoms. The Morgan fingerprint density at radius 3 is 2.14 bits per heavy atom. The van der Waals surface area contributed by atoms with Gasteiger partial charge in [0.05, 0.1) is 32.4 Å². The van der Waals surface area contributed by atoms with Gasteiger partial charge in [-0.1, -0.05) is 39.0 Å². The summed E-state index contributed by atoms with van der Waals surface area (Å²) in [6.07, 6.45) is 1.66. The SMILES string of the molecule is COc1ccc(CC(=O)NN=Cc2ccc(OC(=O)c3ccc(C(C)(C)C)cc3)cc2)cc1OC. The van der Waals surface area contributed by atoms with Gasteiger partial charge in [0.15, 0.2) is 11.5 Å². The standard InChI is InChI=1S/C28H30N2O5/c1-28(2,3)22-11-9-21(10-12-22)27(32)35-23-13-6-19(7-14-23)18-29-30-26(31)17-20-8-15-24(33-4)25(16-20)34-5/h6-16,18H,17H2,1-5H3,(H,30,31). The summed E-state index contributed by atoms with van der Waals surface area (Å²) in [6.45, 7) is 6.36. The second-order valence-electron chi connectivity index (χ2n) is 8.95. The van der Waals surface area contributed by atoms with Gasteiger partial charge in [-0.3, -0.25) is 4.79 Å². The van der Waals surface area contributed by atoms with Gasteiger partial charge in [0.2, 0.25) is 5.91 Å². The van der Waals surface area contributed by atoms with Gasteiger partial charge < -0.3 is 14.2 Å². The fourth-order valence-electron chi connectivity index (χ4n) is 3.29. The van der Waals surface area contributed by atoms with Gasteiger partial charge in [-0.25, -0.2) is 10.2 Å². The number of carbonyl (C=O) groups is 2. The van der Waals surface area contributed by atoms with Gasteiger partial charge in [-0.05, 0) is 70.6 Å². The molecule has 7 nitrogen and oxygen atoms in total. The van der Waals surface area contributed by atoms with Crippen molar-refractivity contribution in [2.75, 3.05) is 14.2 Å². The number of nitrogens with zero attached hydrogens (tertiary/aromatic N) is 1. The predicted molar refractivity (Wildman–Crippen MR) is 136 cm³/mol. The number of methoxy groups -OCH3 is 2. The number of ether oxygens (including phenoxy) is 3. The molecule has 0 aliphatic carbocycles. The fraction of sp³-hybridized carbons (Fsp3) is 0.250. The number of hydrogen-bond acceptors (Lipinski definition) is 6. The Kier molecular flexibility index (Phi) is 8.25. The van der Waals surface area contributed by atoms with Crippen LogP contribution in [0.1, 0.15) is 47.8 Å². The molecule has 0 atom stereocenters. The second-order valence-corrected chi connectivity index (χ2v) is 8.95. The molecule has 0 aliphatic rings. The highest BCUT2D eigenvalue weighted by Gasteiger charge is 2.15. The lowest BCUT2D eigenvalue weighted by molar-refractivity contribution is -0.120. The first-order valence-corrected chi connectivity index (χ1v) is 11.1. The largest absolute Gasteiger partial charge is 0.493 e. The Morgan fingerprint density at radius 1 is 0.886 bits per heavy atom. The quantitative estimate of drug-likeness (QED) is 0.217. The van der Waals surface area contributed by atoms with Gasteiger partial charge in [0, 0.05) is 0 Å². The minimum absolute atomic E-state index is 0.0164. The summed E-state index contributed by atoms with van der Waals surface area (Å²) in [7, 11) is 3.10. The molecule has 0 aliphatic heterocycles. The van der Waals surface area contributed by atoms with Crippen molar-refractivity contribution >= 4 is 18.1 Å². The molecule has 1 N–H and O–H groups in total. The highest BCUT2D eigenvalue weighted by molar-refractivity contribution is 5.91. The van der Waals surface area contributed by atoms with Gasteiger partial charge in [-0.15, -0.1) is 0 Å². The fourth-order valence-corrected chi connectivity index (χ4v) is 3.29. The molecule has 0 fully saturated rings. The van der Waals surface area contributed by atoms with E-state index >= 15 is 0 Å². The van der Waals surface area contributed by atoms with E-state index in [1.165, 1.54) is 6.21 Å². The summed E-state index contributed by atoms with van der Waals surface area (Å²) in [6, 6.07) is 19.6. The average molecular weight is 475 g/mol. The number of hydrazone groups is 1. The first kappa shape index (κ1) is 25.5. The predicted octanol–water partition coefficient (Wildman–Crippen LogP) is 4.91. The molecule has 0 spiro atoms. The highest BCUT2D eigenvalue weighted by Crippen LogP contribution is 2.27. The van der Waals surface area contributed by atoms with Crippen molar-refractivity contribution in [3.05, 3.63) is 89.0 Å². The molecule has 182 valence electrons. The number of benzene rings is 3. The summed E-state index contributed by atoms with van der Waals surface area (Å²) in [5.74, 6) is 0.890. The van der Waals surface area contributed by atoms with Crippen molar-refractivity contribution in [2.24, 2.45) is 5.10 Å². The van der Waals surface area contributed by atoms with E-state index in [9.17, 15) is 9.59 Å². The molecule has 3 aromatic carbocycles. The van der Waals surface area contributed by atoms with Crippen LogP contribution in [-0.2, 0) is 16.6 Å². The van der Waals surface area contributed by atoms with Gasteiger partial charge in [-0.2, -0.15) is 5.10 Å². The lowest BCUT2D eigenvalue weighted by Crippen LogP contribution is -2.19. The van der Waals surface area contributed by atoms with E-state index in [0.717, 1.165) is 16.7 Å². The van der Waals surface area contributed by atoms with Crippen LogP contribution < -0.4 is 19.6 Å². The first-order chi connectivity index (χ1) is 16.7. The van der Waals surface area contributed by atoms with E-state index in [1.54, 1.807) is 68.8 Å². The number of rotatable bonds is 8. The molecule has 0 saturated heterocycles. The minimum atomic E-state index is -0.422. The maximum absolute atomic E-state index is 12.4. The van der Waals surface area contributed by atoms with Crippen LogP contribution in [0.5, 0.6) is 17.2 Å². The third kappa shape index (κ3) is 7.17. The maximum atomic E-state index is 12.4. The number of hydrogen-bond donors (Lipinski definition) is 1. The van der Waals surface area contributed by atoms with Crippen LogP contribution in [0.25, 0.3) is 0 Å². The second kappa shape index (κ2) is 11.3. The Bertz CT molecular complexity index is 1190. The van der Waals surface area contributed by atoms with Crippen LogP contribution in [0.3, 0.4) is 0 Å². The monoisotopic (exact) mass is 474 g/mol. The Hall–Kier alpha value is -4.13. The molecule has 1 amide bonds. The smallest absolute Gasteiger partial charge is 0.343 e. The Morgan fingerprint density at radius 2 is 1.54 bits per heavy atom. The van der Waals surface area contributed by atoms with Crippen molar-refractivity contribution in [3.63, 3.8) is 0 Å². The summed E-state index contributed by atoms with van der Waals surface area (Å²) < 4.78 is 15.9. The lowest BCUT2D eigenvalue weighted by atomic mass is 9.87. The summed E-state index contributed by atoms with van der Waals surface area (Å²) in [5.41, 5.74) is 5.67. The first-order valence-electron chi connectivity index (χ1n) is 11.1. The van der Waals surface area contributed by atoms with Gasteiger partial charge >= 0.3 is 5.97 Å². The molecule has 0 saturated carbocycles. The summed E-state index contributed by atoms with van der Waals surface area (Å²) in [4.78, 5) is 24.6. The molecule has 3 aromatic rings. The summed E-state index contributed by atoms with van der Waals surface area (Å²) >= 11 is 0. The zero-order valence-electron chi connectivity index (χ0n) is 20.6. The molecule has 0 radical (unpaired) electrons. The van der Waals surface area contributed by atoms with E-state index in [4.69, 9.17) is 14.2 Å². The minimum Gasteiger partial charge on any atom is -0.493 e. The van der Waals surface area contributed by atoms with Crippen LogP contribution in [0.2, 0.25) is 0 Å². The molecular weight excluding hydrogens is 444 g/mol. The number of nitrogens with one attached hydrogen (secondary N) is 1. The van der Waals surface area contributed by atoms with Gasteiger partial charge in [0.1, 0.15) is 5.75 Å². The molecule has 0 heterocycles. The molecule has 7 heteroatoms. The normalized spacial score (nSPS) is 11.2. The topological polar surface area (TPSA) is 86.2 Å². The van der Waals surface area contributed by atoms with Crippen LogP contribution in [-0.4, -0.2) is 32.3 Å². The van der Waals surface area contributed by atoms with E-state index in [2.05, 4.69) is 31.3 Å². The number of carbonyl (C=O) groups excluding carboxylic acids is 2. The zero-order chi connectivity index (χ0) is 25.4. The molecule has 0 unspecified atom stereocenters. The zero-order valence-corrected chi connectivity index (χ0v) is 20.6. The Labute approximate surface area is 205 Å². The van der Waals surface area contributed by atoms with Crippen LogP contribution in [0.4, 0.5) is 0 Å². The molecule has 0 aromatic heterocycles. The van der Waals surface area contributed by atoms with Crippen LogP contribution in [0.15, 0.2) is 71.8 Å². The number of amides is 1. The average Bonchev–Trinajstić information content (AvgIpc) is 2.84. The van der Waals surface area contributed by atoms with Crippen LogP contribution >= 0.6 is 0 Å². The molecule has 3 rings (SSSR count). The van der Waals surface area contributed by atoms with Crippen molar-refractivity contribution in [3.8, 4) is 17.2 Å².